The summed E-state index contributed by atoms with van der Waals surface area (Å²) < 4.78 is 26.8. The van der Waals surface area contributed by atoms with E-state index in [0.717, 1.165) is 49.9 Å². The van der Waals surface area contributed by atoms with E-state index in [1.54, 1.807) is 24.3 Å². The van der Waals surface area contributed by atoms with Crippen LogP contribution >= 0.6 is 0 Å². The highest BCUT2D eigenvalue weighted by atomic mass is 32.2. The highest BCUT2D eigenvalue weighted by molar-refractivity contribution is 7.89. The van der Waals surface area contributed by atoms with Crippen molar-refractivity contribution in [2.45, 2.75) is 56.4 Å². The first-order chi connectivity index (χ1) is 16.4. The lowest BCUT2D eigenvalue weighted by molar-refractivity contribution is -0.121. The number of likely N-dealkylation sites (tertiary alicyclic amines) is 1. The first kappa shape index (κ1) is 24.4. The highest BCUT2D eigenvalue weighted by Crippen LogP contribution is 2.21. The number of piperidine rings is 1. The van der Waals surface area contributed by atoms with Gasteiger partial charge in [0, 0.05) is 44.7 Å². The largest absolute Gasteiger partial charge is 0.352 e. The molecule has 4 rings (SSSR count). The van der Waals surface area contributed by atoms with Crippen molar-refractivity contribution in [2.24, 2.45) is 0 Å². The van der Waals surface area contributed by atoms with Crippen molar-refractivity contribution in [3.8, 4) is 0 Å². The molecule has 2 saturated heterocycles. The van der Waals surface area contributed by atoms with E-state index in [1.807, 2.05) is 29.2 Å². The molecule has 0 spiro atoms. The second-order valence-electron chi connectivity index (χ2n) is 9.08. The Kier molecular flexibility index (Phi) is 8.00. The van der Waals surface area contributed by atoms with Crippen LogP contribution in [0.1, 0.15) is 60.0 Å². The minimum atomic E-state index is -3.41. The zero-order valence-electron chi connectivity index (χ0n) is 19.5. The molecule has 0 saturated carbocycles. The maximum atomic E-state index is 12.6. The molecule has 2 aliphatic heterocycles. The third-order valence-corrected chi connectivity index (χ3v) is 8.51. The van der Waals surface area contributed by atoms with Crippen LogP contribution in [0, 0.1) is 0 Å². The van der Waals surface area contributed by atoms with Crippen molar-refractivity contribution in [3.63, 3.8) is 0 Å². The Morgan fingerprint density at radius 1 is 0.765 bits per heavy atom. The predicted molar refractivity (Wildman–Crippen MR) is 131 cm³/mol. The number of sulfonamides is 1. The minimum absolute atomic E-state index is 0.0674. The van der Waals surface area contributed by atoms with Crippen LogP contribution in [0.4, 0.5) is 0 Å². The number of hydrogen-bond acceptors (Lipinski definition) is 4. The summed E-state index contributed by atoms with van der Waals surface area (Å²) in [6, 6.07) is 14.3. The second kappa shape index (κ2) is 11.1. The molecule has 2 aliphatic rings. The maximum Gasteiger partial charge on any atom is 0.253 e. The Balaban J connectivity index is 1.22. The van der Waals surface area contributed by atoms with E-state index < -0.39 is 10.0 Å². The Hall–Kier alpha value is -2.71. The zero-order chi connectivity index (χ0) is 24.0. The SMILES string of the molecule is O=C(CCc1ccc(S(=O)(=O)N2CCCC2)cc1)NCc1ccc(C(=O)N2CCCCC2)cc1. The van der Waals surface area contributed by atoms with Crippen LogP contribution in [0.5, 0.6) is 0 Å². The summed E-state index contributed by atoms with van der Waals surface area (Å²) >= 11 is 0. The standard InChI is InChI=1S/C26H33N3O4S/c30-25(15-10-21-8-13-24(14-9-21)34(32,33)29-18-4-5-19-29)27-20-22-6-11-23(12-7-22)26(31)28-16-2-1-3-17-28/h6-9,11-14H,1-5,10,15-20H2,(H,27,30). The van der Waals surface area contributed by atoms with Gasteiger partial charge in [-0.15, -0.1) is 0 Å². The number of carbonyl (C=O) groups is 2. The van der Waals surface area contributed by atoms with Gasteiger partial charge in [-0.2, -0.15) is 4.31 Å². The Bertz CT molecular complexity index is 1090. The third-order valence-electron chi connectivity index (χ3n) is 6.60. The van der Waals surface area contributed by atoms with E-state index in [0.29, 0.717) is 42.9 Å². The van der Waals surface area contributed by atoms with Crippen LogP contribution in [0.15, 0.2) is 53.4 Å². The molecule has 0 radical (unpaired) electrons. The second-order valence-corrected chi connectivity index (χ2v) is 11.0. The van der Waals surface area contributed by atoms with Crippen LogP contribution in [0.3, 0.4) is 0 Å². The molecule has 0 aromatic heterocycles. The van der Waals surface area contributed by atoms with Crippen LogP contribution in [0.25, 0.3) is 0 Å². The van der Waals surface area contributed by atoms with E-state index in [1.165, 1.54) is 10.7 Å². The van der Waals surface area contributed by atoms with Crippen LogP contribution < -0.4 is 5.32 Å². The zero-order valence-corrected chi connectivity index (χ0v) is 20.4. The molecule has 2 fully saturated rings. The number of nitrogens with one attached hydrogen (secondary N) is 1. The molecule has 2 aromatic rings. The van der Waals surface area contributed by atoms with Crippen molar-refractivity contribution in [2.75, 3.05) is 26.2 Å². The van der Waals surface area contributed by atoms with Crippen molar-refractivity contribution in [1.29, 1.82) is 0 Å². The lowest BCUT2D eigenvalue weighted by Crippen LogP contribution is -2.35. The number of amides is 2. The van der Waals surface area contributed by atoms with Crippen LogP contribution in [0.2, 0.25) is 0 Å². The molecule has 2 aromatic carbocycles. The van der Waals surface area contributed by atoms with Gasteiger partial charge in [0.2, 0.25) is 15.9 Å². The molecule has 34 heavy (non-hydrogen) atoms. The summed E-state index contributed by atoms with van der Waals surface area (Å²) in [6.45, 7) is 3.23. The summed E-state index contributed by atoms with van der Waals surface area (Å²) in [5.41, 5.74) is 2.56. The number of carbonyl (C=O) groups excluding carboxylic acids is 2. The lowest BCUT2D eigenvalue weighted by Gasteiger charge is -2.26. The molecule has 7 nitrogen and oxygen atoms in total. The summed E-state index contributed by atoms with van der Waals surface area (Å²) in [5, 5.41) is 2.92. The average molecular weight is 484 g/mol. The summed E-state index contributed by atoms with van der Waals surface area (Å²) in [6.07, 6.45) is 6.01. The number of nitrogens with zero attached hydrogens (tertiary/aromatic N) is 2. The fourth-order valence-electron chi connectivity index (χ4n) is 4.50. The van der Waals surface area contributed by atoms with Crippen molar-refractivity contribution in [1.82, 2.24) is 14.5 Å². The van der Waals surface area contributed by atoms with E-state index >= 15 is 0 Å². The summed E-state index contributed by atoms with van der Waals surface area (Å²) in [4.78, 5) is 27.1. The summed E-state index contributed by atoms with van der Waals surface area (Å²) in [5.74, 6) is 0.0109. The topological polar surface area (TPSA) is 86.8 Å². The summed E-state index contributed by atoms with van der Waals surface area (Å²) in [7, 11) is -3.41. The van der Waals surface area contributed by atoms with Gasteiger partial charge in [-0.1, -0.05) is 24.3 Å². The molecule has 2 heterocycles. The molecule has 0 atom stereocenters. The van der Waals surface area contributed by atoms with Gasteiger partial charge >= 0.3 is 0 Å². The number of aryl methyl sites for hydroxylation is 1. The van der Waals surface area contributed by atoms with E-state index in [4.69, 9.17) is 0 Å². The van der Waals surface area contributed by atoms with Crippen LogP contribution in [-0.4, -0.2) is 55.6 Å². The van der Waals surface area contributed by atoms with E-state index in [-0.39, 0.29) is 11.8 Å². The van der Waals surface area contributed by atoms with Crippen molar-refractivity contribution < 1.29 is 18.0 Å². The minimum Gasteiger partial charge on any atom is -0.352 e. The molecule has 0 bridgehead atoms. The Morgan fingerprint density at radius 2 is 1.35 bits per heavy atom. The maximum absolute atomic E-state index is 12.6. The monoisotopic (exact) mass is 483 g/mol. The molecule has 182 valence electrons. The molecule has 8 heteroatoms. The third kappa shape index (κ3) is 6.04. The first-order valence-corrected chi connectivity index (χ1v) is 13.6. The molecular formula is C26H33N3O4S. The Morgan fingerprint density at radius 3 is 2.00 bits per heavy atom. The molecule has 0 aliphatic carbocycles. The molecule has 2 amide bonds. The molecular weight excluding hydrogens is 450 g/mol. The van der Waals surface area contributed by atoms with Crippen molar-refractivity contribution in [3.05, 3.63) is 65.2 Å². The Labute approximate surface area is 202 Å². The van der Waals surface area contributed by atoms with Gasteiger partial charge in [0.1, 0.15) is 0 Å². The predicted octanol–water partition coefficient (Wildman–Crippen LogP) is 3.35. The van der Waals surface area contributed by atoms with E-state index in [9.17, 15) is 18.0 Å². The number of rotatable bonds is 8. The molecule has 1 N–H and O–H groups in total. The van der Waals surface area contributed by atoms with E-state index in [2.05, 4.69) is 5.32 Å². The fourth-order valence-corrected chi connectivity index (χ4v) is 6.01. The van der Waals surface area contributed by atoms with Gasteiger partial charge in [-0.25, -0.2) is 8.42 Å². The van der Waals surface area contributed by atoms with Gasteiger partial charge < -0.3 is 10.2 Å². The number of benzene rings is 2. The highest BCUT2D eigenvalue weighted by Gasteiger charge is 2.26. The average Bonchev–Trinajstić information content (AvgIpc) is 3.43. The first-order valence-electron chi connectivity index (χ1n) is 12.2. The smallest absolute Gasteiger partial charge is 0.253 e. The lowest BCUT2D eigenvalue weighted by atomic mass is 10.1. The van der Waals surface area contributed by atoms with Crippen molar-refractivity contribution >= 4 is 21.8 Å². The van der Waals surface area contributed by atoms with Gasteiger partial charge in [0.05, 0.1) is 4.90 Å². The van der Waals surface area contributed by atoms with Gasteiger partial charge in [0.25, 0.3) is 5.91 Å². The van der Waals surface area contributed by atoms with Gasteiger partial charge in [-0.3, -0.25) is 9.59 Å². The van der Waals surface area contributed by atoms with Gasteiger partial charge in [0.15, 0.2) is 0 Å². The normalized spacial score (nSPS) is 17.0. The molecule has 0 unspecified atom stereocenters. The van der Waals surface area contributed by atoms with Gasteiger partial charge in [-0.05, 0) is 73.9 Å². The fraction of sp³-hybridized carbons (Fsp3) is 0.462. The number of hydrogen-bond donors (Lipinski definition) is 1. The van der Waals surface area contributed by atoms with Crippen LogP contribution in [-0.2, 0) is 27.8 Å². The quantitative estimate of drug-likeness (QED) is 0.624.